The molecule has 1 N–H and O–H groups in total. The summed E-state index contributed by atoms with van der Waals surface area (Å²) < 4.78 is 1.23. The fourth-order valence-corrected chi connectivity index (χ4v) is 3.91. The first-order valence-corrected chi connectivity index (χ1v) is 8.36. The van der Waals surface area contributed by atoms with Crippen LogP contribution < -0.4 is 5.32 Å². The van der Waals surface area contributed by atoms with Gasteiger partial charge in [-0.3, -0.25) is 0 Å². The van der Waals surface area contributed by atoms with Gasteiger partial charge in [0.1, 0.15) is 0 Å². The molecule has 0 aliphatic heterocycles. The minimum Gasteiger partial charge on any atom is -0.313 e. The zero-order chi connectivity index (χ0) is 12.0. The van der Waals surface area contributed by atoms with Crippen molar-refractivity contribution in [3.63, 3.8) is 0 Å². The van der Waals surface area contributed by atoms with Crippen LogP contribution >= 0.6 is 39.0 Å². The molecule has 0 aliphatic carbocycles. The molecule has 92 valence electrons. The molecular weight excluding hydrogens is 302 g/mol. The molecule has 4 heteroatoms. The highest BCUT2D eigenvalue weighted by Crippen LogP contribution is 2.24. The second-order valence-electron chi connectivity index (χ2n) is 4.05. The lowest BCUT2D eigenvalue weighted by Gasteiger charge is -2.17. The maximum atomic E-state index is 3.57. The summed E-state index contributed by atoms with van der Waals surface area (Å²) in [6.45, 7) is 7.75. The highest BCUT2D eigenvalue weighted by molar-refractivity contribution is 9.11. The van der Waals surface area contributed by atoms with Gasteiger partial charge in [0, 0.05) is 16.7 Å². The Balaban J connectivity index is 2.43. The summed E-state index contributed by atoms with van der Waals surface area (Å²) in [4.78, 5) is 1.46. The van der Waals surface area contributed by atoms with E-state index in [9.17, 15) is 0 Å². The maximum Gasteiger partial charge on any atom is 0.0701 e. The molecule has 0 spiro atoms. The maximum absolute atomic E-state index is 3.57. The topological polar surface area (TPSA) is 12.0 Å². The minimum atomic E-state index is 0.600. The number of thioether (sulfide) groups is 1. The van der Waals surface area contributed by atoms with E-state index in [1.165, 1.54) is 14.4 Å². The van der Waals surface area contributed by atoms with Crippen LogP contribution in [0.15, 0.2) is 15.9 Å². The van der Waals surface area contributed by atoms with Crippen molar-refractivity contribution in [1.29, 1.82) is 0 Å². The van der Waals surface area contributed by atoms with Crippen molar-refractivity contribution in [2.45, 2.75) is 38.5 Å². The largest absolute Gasteiger partial charge is 0.313 e. The van der Waals surface area contributed by atoms with Crippen LogP contribution in [0.2, 0.25) is 0 Å². The third-order valence-electron chi connectivity index (χ3n) is 2.20. The van der Waals surface area contributed by atoms with E-state index in [0.29, 0.717) is 6.04 Å². The molecule has 0 aromatic carbocycles. The van der Waals surface area contributed by atoms with Gasteiger partial charge in [0.2, 0.25) is 0 Å². The molecule has 0 fully saturated rings. The Bertz CT molecular complexity index is 299. The molecule has 1 atom stereocenters. The standard InChI is InChI=1S/C12H20BrNS2/c1-4-14-10(8-15-9(2)3)7-11-5-6-12(13)16-11/h5-6,9-10,14H,4,7-8H2,1-3H3. The van der Waals surface area contributed by atoms with Crippen molar-refractivity contribution in [3.8, 4) is 0 Å². The smallest absolute Gasteiger partial charge is 0.0701 e. The number of halogens is 1. The molecule has 16 heavy (non-hydrogen) atoms. The molecule has 1 nitrogen and oxygen atoms in total. The molecule has 0 saturated carbocycles. The van der Waals surface area contributed by atoms with Crippen LogP contribution in [0.4, 0.5) is 0 Å². The van der Waals surface area contributed by atoms with Crippen molar-refractivity contribution in [2.75, 3.05) is 12.3 Å². The van der Waals surface area contributed by atoms with E-state index in [-0.39, 0.29) is 0 Å². The fraction of sp³-hybridized carbons (Fsp3) is 0.667. The van der Waals surface area contributed by atoms with Crippen molar-refractivity contribution in [3.05, 3.63) is 20.8 Å². The molecule has 0 radical (unpaired) electrons. The van der Waals surface area contributed by atoms with E-state index in [1.807, 2.05) is 23.1 Å². The quantitative estimate of drug-likeness (QED) is 0.808. The monoisotopic (exact) mass is 321 g/mol. The van der Waals surface area contributed by atoms with Crippen LogP contribution in [0, 0.1) is 0 Å². The van der Waals surface area contributed by atoms with E-state index in [1.54, 1.807) is 0 Å². The Hall–Kier alpha value is 0.490. The van der Waals surface area contributed by atoms with E-state index in [2.05, 4.69) is 54.2 Å². The van der Waals surface area contributed by atoms with E-state index in [0.717, 1.165) is 18.2 Å². The van der Waals surface area contributed by atoms with Gasteiger partial charge in [-0.2, -0.15) is 11.8 Å². The summed E-state index contributed by atoms with van der Waals surface area (Å²) >= 11 is 7.40. The van der Waals surface area contributed by atoms with Crippen molar-refractivity contribution >= 4 is 39.0 Å². The van der Waals surface area contributed by atoms with Crippen molar-refractivity contribution in [1.82, 2.24) is 5.32 Å². The van der Waals surface area contributed by atoms with Crippen molar-refractivity contribution < 1.29 is 0 Å². The van der Waals surface area contributed by atoms with Crippen LogP contribution in [0.25, 0.3) is 0 Å². The molecule has 1 rings (SSSR count). The SMILES string of the molecule is CCNC(CSC(C)C)Cc1ccc(Br)s1. The first kappa shape index (κ1) is 14.6. The number of hydrogen-bond acceptors (Lipinski definition) is 3. The number of hydrogen-bond donors (Lipinski definition) is 1. The predicted molar refractivity (Wildman–Crippen MR) is 80.8 cm³/mol. The zero-order valence-electron chi connectivity index (χ0n) is 10.1. The lowest BCUT2D eigenvalue weighted by Crippen LogP contribution is -2.33. The van der Waals surface area contributed by atoms with Gasteiger partial charge in [0.05, 0.1) is 3.79 Å². The molecule has 1 unspecified atom stereocenters. The predicted octanol–water partition coefficient (Wildman–Crippen LogP) is 4.17. The number of thiophene rings is 1. The van der Waals surface area contributed by atoms with Crippen LogP contribution in [-0.4, -0.2) is 23.6 Å². The minimum absolute atomic E-state index is 0.600. The highest BCUT2D eigenvalue weighted by atomic mass is 79.9. The summed E-state index contributed by atoms with van der Waals surface area (Å²) in [5.41, 5.74) is 0. The Kier molecular flexibility index (Phi) is 7.04. The van der Waals surface area contributed by atoms with Gasteiger partial charge in [0.15, 0.2) is 0 Å². The van der Waals surface area contributed by atoms with Gasteiger partial charge in [0.25, 0.3) is 0 Å². The number of nitrogens with one attached hydrogen (secondary N) is 1. The summed E-state index contributed by atoms with van der Waals surface area (Å²) in [6.07, 6.45) is 1.14. The van der Waals surface area contributed by atoms with Gasteiger partial charge < -0.3 is 5.32 Å². The highest BCUT2D eigenvalue weighted by Gasteiger charge is 2.10. The number of rotatable bonds is 7. The first-order chi connectivity index (χ1) is 7.61. The lowest BCUT2D eigenvalue weighted by molar-refractivity contribution is 0.576. The Morgan fingerprint density at radius 3 is 2.69 bits per heavy atom. The third kappa shape index (κ3) is 5.71. The average molecular weight is 322 g/mol. The van der Waals surface area contributed by atoms with E-state index < -0.39 is 0 Å². The molecule has 1 aromatic heterocycles. The fourth-order valence-electron chi connectivity index (χ4n) is 1.49. The van der Waals surface area contributed by atoms with Crippen molar-refractivity contribution in [2.24, 2.45) is 0 Å². The lowest BCUT2D eigenvalue weighted by atomic mass is 10.2. The average Bonchev–Trinajstić information content (AvgIpc) is 2.61. The van der Waals surface area contributed by atoms with Crippen LogP contribution in [0.1, 0.15) is 25.6 Å². The Morgan fingerprint density at radius 2 is 2.19 bits per heavy atom. The Labute approximate surface area is 116 Å². The second-order valence-corrected chi connectivity index (χ2v) is 8.20. The second kappa shape index (κ2) is 7.75. The molecule has 0 saturated heterocycles. The van der Waals surface area contributed by atoms with E-state index >= 15 is 0 Å². The zero-order valence-corrected chi connectivity index (χ0v) is 13.3. The molecule has 1 heterocycles. The molecular formula is C12H20BrNS2. The van der Waals surface area contributed by atoms with Gasteiger partial charge in [-0.25, -0.2) is 0 Å². The van der Waals surface area contributed by atoms with Gasteiger partial charge in [-0.15, -0.1) is 11.3 Å². The summed E-state index contributed by atoms with van der Waals surface area (Å²) in [7, 11) is 0. The van der Waals surface area contributed by atoms with Crippen LogP contribution in [0.3, 0.4) is 0 Å². The van der Waals surface area contributed by atoms with Crippen LogP contribution in [0.5, 0.6) is 0 Å². The van der Waals surface area contributed by atoms with Gasteiger partial charge >= 0.3 is 0 Å². The summed E-state index contributed by atoms with van der Waals surface area (Å²) in [6, 6.07) is 4.96. The number of likely N-dealkylation sites (N-methyl/N-ethyl adjacent to an activating group) is 1. The molecule has 1 aromatic rings. The van der Waals surface area contributed by atoms with Crippen LogP contribution in [-0.2, 0) is 6.42 Å². The van der Waals surface area contributed by atoms with Gasteiger partial charge in [-0.05, 0) is 46.3 Å². The first-order valence-electron chi connectivity index (χ1n) is 5.71. The summed E-state index contributed by atoms with van der Waals surface area (Å²) in [5, 5.41) is 4.28. The third-order valence-corrected chi connectivity index (χ3v) is 5.11. The normalized spacial score (nSPS) is 13.3. The van der Waals surface area contributed by atoms with E-state index in [4.69, 9.17) is 0 Å². The Morgan fingerprint density at radius 1 is 1.44 bits per heavy atom. The molecule has 0 bridgehead atoms. The van der Waals surface area contributed by atoms with Gasteiger partial charge in [-0.1, -0.05) is 20.8 Å². The molecule has 0 amide bonds. The molecule has 0 aliphatic rings. The summed E-state index contributed by atoms with van der Waals surface area (Å²) in [5.74, 6) is 1.20.